The average Bonchev–Trinajstić information content (AvgIpc) is 2.55. The van der Waals surface area contributed by atoms with Crippen LogP contribution in [0.1, 0.15) is 6.92 Å². The summed E-state index contributed by atoms with van der Waals surface area (Å²) in [5, 5.41) is 3.33. The van der Waals surface area contributed by atoms with Gasteiger partial charge in [-0.25, -0.2) is 0 Å². The van der Waals surface area contributed by atoms with E-state index in [1.54, 1.807) is 37.1 Å². The normalized spacial score (nSPS) is 11.8. The summed E-state index contributed by atoms with van der Waals surface area (Å²) in [6.07, 6.45) is 0. The molecular formula is C17H18ClNO2S. The Morgan fingerprint density at radius 1 is 1.27 bits per heavy atom. The molecule has 2 rings (SSSR count). The van der Waals surface area contributed by atoms with Crippen LogP contribution in [0.15, 0.2) is 53.4 Å². The number of hydrogen-bond donors (Lipinski definition) is 1. The molecule has 3 nitrogen and oxygen atoms in total. The number of methoxy groups -OCH3 is 1. The number of hydrogen-bond acceptors (Lipinski definition) is 3. The first kappa shape index (κ1) is 16.7. The highest BCUT2D eigenvalue weighted by Crippen LogP contribution is 2.27. The molecule has 22 heavy (non-hydrogen) atoms. The third-order valence-corrected chi connectivity index (χ3v) is 4.71. The van der Waals surface area contributed by atoms with Crippen LogP contribution in [0.25, 0.3) is 0 Å². The van der Waals surface area contributed by atoms with Crippen LogP contribution >= 0.6 is 23.4 Å². The Kier molecular flexibility index (Phi) is 6.16. The molecule has 0 aliphatic carbocycles. The van der Waals surface area contributed by atoms with Crippen molar-refractivity contribution in [2.75, 3.05) is 18.2 Å². The molecule has 0 spiro atoms. The third kappa shape index (κ3) is 4.68. The van der Waals surface area contributed by atoms with Gasteiger partial charge in [-0.05, 0) is 24.3 Å². The van der Waals surface area contributed by atoms with Crippen LogP contribution in [-0.4, -0.2) is 18.8 Å². The topological polar surface area (TPSA) is 38.3 Å². The summed E-state index contributed by atoms with van der Waals surface area (Å²) in [6, 6.07) is 15.2. The van der Waals surface area contributed by atoms with E-state index in [4.69, 9.17) is 16.3 Å². The van der Waals surface area contributed by atoms with E-state index in [0.29, 0.717) is 22.2 Å². The minimum Gasteiger partial charge on any atom is -0.497 e. The summed E-state index contributed by atoms with van der Waals surface area (Å²) in [5.74, 6) is 1.21. The molecule has 0 bridgehead atoms. The van der Waals surface area contributed by atoms with E-state index < -0.39 is 0 Å². The highest BCUT2D eigenvalue weighted by Gasteiger charge is 2.15. The van der Waals surface area contributed by atoms with Gasteiger partial charge in [0, 0.05) is 22.6 Å². The Morgan fingerprint density at radius 3 is 2.64 bits per heavy atom. The Labute approximate surface area is 140 Å². The number of carbonyl (C=O) groups is 1. The molecule has 0 aliphatic heterocycles. The van der Waals surface area contributed by atoms with Crippen LogP contribution in [0.2, 0.25) is 5.02 Å². The summed E-state index contributed by atoms with van der Waals surface area (Å²) in [6.45, 7) is 1.91. The summed E-state index contributed by atoms with van der Waals surface area (Å²) in [4.78, 5) is 13.4. The van der Waals surface area contributed by atoms with Gasteiger partial charge in [-0.2, -0.15) is 0 Å². The standard InChI is InChI=1S/C17H18ClNO2S/c1-12(11-22-14-6-4-3-5-7-14)17(20)19-16-9-8-13(21-2)10-15(16)18/h3-10,12H,11H2,1-2H3,(H,19,20). The second-order valence-corrected chi connectivity index (χ2v) is 6.36. The number of benzene rings is 2. The SMILES string of the molecule is COc1ccc(NC(=O)C(C)CSc2ccccc2)c(Cl)c1. The van der Waals surface area contributed by atoms with Gasteiger partial charge in [0.15, 0.2) is 0 Å². The molecule has 0 saturated carbocycles. The fourth-order valence-electron chi connectivity index (χ4n) is 1.79. The van der Waals surface area contributed by atoms with Crippen molar-refractivity contribution in [3.63, 3.8) is 0 Å². The van der Waals surface area contributed by atoms with Gasteiger partial charge < -0.3 is 10.1 Å². The van der Waals surface area contributed by atoms with E-state index in [-0.39, 0.29) is 11.8 Å². The van der Waals surface area contributed by atoms with Crippen molar-refractivity contribution in [2.24, 2.45) is 5.92 Å². The molecule has 0 heterocycles. The quantitative estimate of drug-likeness (QED) is 0.776. The Morgan fingerprint density at radius 2 is 2.00 bits per heavy atom. The van der Waals surface area contributed by atoms with Crippen LogP contribution in [0.4, 0.5) is 5.69 Å². The lowest BCUT2D eigenvalue weighted by atomic mass is 10.2. The molecule has 0 aliphatic rings. The predicted octanol–water partition coefficient (Wildman–Crippen LogP) is 4.72. The summed E-state index contributed by atoms with van der Waals surface area (Å²) in [7, 11) is 1.58. The highest BCUT2D eigenvalue weighted by atomic mass is 35.5. The molecule has 0 aromatic heterocycles. The van der Waals surface area contributed by atoms with Crippen LogP contribution in [0.3, 0.4) is 0 Å². The molecule has 1 N–H and O–H groups in total. The number of thioether (sulfide) groups is 1. The van der Waals surface area contributed by atoms with Crippen LogP contribution in [-0.2, 0) is 4.79 Å². The lowest BCUT2D eigenvalue weighted by molar-refractivity contribution is -0.118. The summed E-state index contributed by atoms with van der Waals surface area (Å²) >= 11 is 7.79. The van der Waals surface area contributed by atoms with Gasteiger partial charge in [-0.1, -0.05) is 36.7 Å². The fraction of sp³-hybridized carbons (Fsp3) is 0.235. The Bertz CT molecular complexity index is 634. The van der Waals surface area contributed by atoms with Crippen molar-refractivity contribution in [1.29, 1.82) is 0 Å². The molecular weight excluding hydrogens is 318 g/mol. The van der Waals surface area contributed by atoms with Crippen molar-refractivity contribution < 1.29 is 9.53 Å². The van der Waals surface area contributed by atoms with Crippen molar-refractivity contribution in [1.82, 2.24) is 0 Å². The van der Waals surface area contributed by atoms with Crippen LogP contribution < -0.4 is 10.1 Å². The number of amides is 1. The molecule has 2 aromatic rings. The first-order valence-electron chi connectivity index (χ1n) is 6.92. The second-order valence-electron chi connectivity index (χ2n) is 4.86. The molecule has 0 saturated heterocycles. The molecule has 0 fully saturated rings. The lowest BCUT2D eigenvalue weighted by Crippen LogP contribution is -2.22. The number of halogens is 1. The minimum absolute atomic E-state index is 0.0458. The molecule has 116 valence electrons. The molecule has 0 radical (unpaired) electrons. The van der Waals surface area contributed by atoms with Crippen LogP contribution in [0, 0.1) is 5.92 Å². The third-order valence-electron chi connectivity index (χ3n) is 3.12. The summed E-state index contributed by atoms with van der Waals surface area (Å²) < 4.78 is 5.09. The van der Waals surface area contributed by atoms with E-state index >= 15 is 0 Å². The zero-order chi connectivity index (χ0) is 15.9. The lowest BCUT2D eigenvalue weighted by Gasteiger charge is -2.13. The molecule has 1 amide bonds. The van der Waals surface area contributed by atoms with E-state index in [1.807, 2.05) is 37.3 Å². The monoisotopic (exact) mass is 335 g/mol. The van der Waals surface area contributed by atoms with Gasteiger partial charge in [-0.3, -0.25) is 4.79 Å². The Balaban J connectivity index is 1.91. The number of nitrogens with one attached hydrogen (secondary N) is 1. The molecule has 1 atom stereocenters. The smallest absolute Gasteiger partial charge is 0.228 e. The molecule has 2 aromatic carbocycles. The van der Waals surface area contributed by atoms with Crippen molar-refractivity contribution >= 4 is 35.0 Å². The number of rotatable bonds is 6. The largest absolute Gasteiger partial charge is 0.497 e. The number of anilines is 1. The van der Waals surface area contributed by atoms with E-state index in [1.165, 1.54) is 0 Å². The van der Waals surface area contributed by atoms with Gasteiger partial charge in [0.25, 0.3) is 0 Å². The maximum atomic E-state index is 12.2. The maximum Gasteiger partial charge on any atom is 0.228 e. The number of carbonyl (C=O) groups excluding carboxylic acids is 1. The Hall–Kier alpha value is -1.65. The molecule has 5 heteroatoms. The molecule has 1 unspecified atom stereocenters. The van der Waals surface area contributed by atoms with E-state index in [2.05, 4.69) is 5.32 Å². The average molecular weight is 336 g/mol. The van der Waals surface area contributed by atoms with Gasteiger partial charge in [0.2, 0.25) is 5.91 Å². The van der Waals surface area contributed by atoms with Gasteiger partial charge in [-0.15, -0.1) is 11.8 Å². The van der Waals surface area contributed by atoms with Crippen molar-refractivity contribution in [3.8, 4) is 5.75 Å². The highest BCUT2D eigenvalue weighted by molar-refractivity contribution is 7.99. The first-order valence-corrected chi connectivity index (χ1v) is 8.28. The van der Waals surface area contributed by atoms with Crippen molar-refractivity contribution in [3.05, 3.63) is 53.6 Å². The van der Waals surface area contributed by atoms with Gasteiger partial charge in [0.1, 0.15) is 5.75 Å². The van der Waals surface area contributed by atoms with E-state index in [0.717, 1.165) is 4.90 Å². The number of ether oxygens (including phenoxy) is 1. The zero-order valence-electron chi connectivity index (χ0n) is 12.5. The van der Waals surface area contributed by atoms with Crippen LogP contribution in [0.5, 0.6) is 5.75 Å². The van der Waals surface area contributed by atoms with Crippen molar-refractivity contribution in [2.45, 2.75) is 11.8 Å². The maximum absolute atomic E-state index is 12.2. The zero-order valence-corrected chi connectivity index (χ0v) is 14.1. The fourth-order valence-corrected chi connectivity index (χ4v) is 2.95. The predicted molar refractivity (Wildman–Crippen MR) is 93.0 cm³/mol. The minimum atomic E-state index is -0.122. The van der Waals surface area contributed by atoms with Gasteiger partial charge >= 0.3 is 0 Å². The second kappa shape index (κ2) is 8.11. The van der Waals surface area contributed by atoms with Gasteiger partial charge in [0.05, 0.1) is 17.8 Å². The first-order chi connectivity index (χ1) is 10.6. The van der Waals surface area contributed by atoms with E-state index in [9.17, 15) is 4.79 Å². The summed E-state index contributed by atoms with van der Waals surface area (Å²) in [5.41, 5.74) is 0.601.